The average molecular weight is 345 g/mol. The molecule has 2 atom stereocenters. The molecule has 0 bridgehead atoms. The normalized spacial score (nSPS) is 20.6. The molecule has 126 valence electrons. The Labute approximate surface area is 145 Å². The number of thioether (sulfide) groups is 1. The molecule has 2 unspecified atom stereocenters. The quantitative estimate of drug-likeness (QED) is 0.887. The number of carbonyl (C=O) groups is 1. The minimum absolute atomic E-state index is 0.0181. The van der Waals surface area contributed by atoms with Gasteiger partial charge in [0.15, 0.2) is 0 Å². The number of piperidine rings is 1. The number of nitrogens with one attached hydrogen (secondary N) is 2. The molecule has 1 amide bonds. The molecule has 1 aromatic heterocycles. The number of hydrogen-bond donors (Lipinski definition) is 2. The van der Waals surface area contributed by atoms with Gasteiger partial charge in [0.2, 0.25) is 0 Å². The number of carbonyl (C=O) groups excluding carboxylic acids is 1. The van der Waals surface area contributed by atoms with E-state index < -0.39 is 11.7 Å². The molecule has 1 fully saturated rings. The third-order valence-corrected chi connectivity index (χ3v) is 5.18. The Morgan fingerprint density at radius 2 is 2.12 bits per heavy atom. The Hall–Kier alpha value is -1.92. The molecule has 1 aromatic carbocycles. The van der Waals surface area contributed by atoms with Crippen molar-refractivity contribution in [1.82, 2.24) is 10.3 Å². The van der Waals surface area contributed by atoms with Gasteiger partial charge in [-0.2, -0.15) is 0 Å². The lowest BCUT2D eigenvalue weighted by molar-refractivity contribution is 0.102. The minimum Gasteiger partial charge on any atom is -0.314 e. The van der Waals surface area contributed by atoms with Crippen LogP contribution in [-0.2, 0) is 0 Å². The molecular weight excluding hydrogens is 325 g/mol. The Morgan fingerprint density at radius 3 is 2.92 bits per heavy atom. The van der Waals surface area contributed by atoms with Gasteiger partial charge in [-0.05, 0) is 50.6 Å². The zero-order chi connectivity index (χ0) is 16.9. The zero-order valence-corrected chi connectivity index (χ0v) is 14.3. The van der Waals surface area contributed by atoms with Crippen LogP contribution in [-0.4, -0.2) is 28.7 Å². The van der Waals surface area contributed by atoms with E-state index in [2.05, 4.69) is 22.5 Å². The van der Waals surface area contributed by atoms with Crippen LogP contribution in [0.25, 0.3) is 0 Å². The van der Waals surface area contributed by atoms with E-state index in [1.54, 1.807) is 30.0 Å². The van der Waals surface area contributed by atoms with Gasteiger partial charge >= 0.3 is 0 Å². The molecule has 2 aromatic rings. The molecule has 1 saturated heterocycles. The van der Waals surface area contributed by atoms with Crippen LogP contribution < -0.4 is 10.6 Å². The summed E-state index contributed by atoms with van der Waals surface area (Å²) in [7, 11) is 0. The first-order chi connectivity index (χ1) is 11.6. The minimum atomic E-state index is -0.538. The maximum Gasteiger partial charge on any atom is 0.259 e. The first-order valence-electron chi connectivity index (χ1n) is 8.05. The van der Waals surface area contributed by atoms with Gasteiger partial charge in [0.05, 0.1) is 10.6 Å². The third kappa shape index (κ3) is 4.33. The summed E-state index contributed by atoms with van der Waals surface area (Å²) >= 11 is 1.73. The van der Waals surface area contributed by atoms with Gasteiger partial charge < -0.3 is 10.6 Å². The molecule has 1 aliphatic rings. The smallest absolute Gasteiger partial charge is 0.259 e. The number of rotatable bonds is 4. The van der Waals surface area contributed by atoms with Crippen LogP contribution in [0.3, 0.4) is 0 Å². The van der Waals surface area contributed by atoms with Crippen LogP contribution in [0, 0.1) is 5.82 Å². The largest absolute Gasteiger partial charge is 0.314 e. The fourth-order valence-corrected chi connectivity index (χ4v) is 4.01. The predicted octanol–water partition coefficient (Wildman–Crippen LogP) is 3.71. The van der Waals surface area contributed by atoms with Gasteiger partial charge in [0.1, 0.15) is 11.6 Å². The summed E-state index contributed by atoms with van der Waals surface area (Å²) in [6.07, 6.45) is 2.20. The van der Waals surface area contributed by atoms with E-state index in [-0.39, 0.29) is 5.56 Å². The van der Waals surface area contributed by atoms with Crippen molar-refractivity contribution in [2.75, 3.05) is 11.9 Å². The Bertz CT molecular complexity index is 725. The van der Waals surface area contributed by atoms with E-state index in [0.29, 0.717) is 17.1 Å². The number of amides is 1. The number of halogens is 1. The van der Waals surface area contributed by atoms with Gasteiger partial charge in [-0.15, -0.1) is 11.8 Å². The summed E-state index contributed by atoms with van der Waals surface area (Å²) in [6.45, 7) is 3.20. The Balaban J connectivity index is 1.67. The number of aromatic nitrogens is 1. The first-order valence-corrected chi connectivity index (χ1v) is 8.93. The average Bonchev–Trinajstić information content (AvgIpc) is 2.55. The lowest BCUT2D eigenvalue weighted by Gasteiger charge is -2.27. The summed E-state index contributed by atoms with van der Waals surface area (Å²) in [5.41, 5.74) is 0.0181. The van der Waals surface area contributed by atoms with Gasteiger partial charge in [-0.25, -0.2) is 9.37 Å². The standard InChI is InChI=1S/C18H20FN3OS/c1-12-11-13(9-10-20-12)24-17-8-4-7-16(21-17)22-18(23)14-5-2-3-6-15(14)19/h2-8,12-13,20H,9-11H2,1H3,(H,21,22,23). The van der Waals surface area contributed by atoms with Crippen molar-refractivity contribution in [3.8, 4) is 0 Å². The maximum atomic E-state index is 13.7. The van der Waals surface area contributed by atoms with Crippen LogP contribution in [0.1, 0.15) is 30.1 Å². The van der Waals surface area contributed by atoms with Crippen LogP contribution in [0.2, 0.25) is 0 Å². The number of hydrogen-bond acceptors (Lipinski definition) is 4. The van der Waals surface area contributed by atoms with E-state index in [9.17, 15) is 9.18 Å². The molecule has 3 rings (SSSR count). The third-order valence-electron chi connectivity index (χ3n) is 3.95. The summed E-state index contributed by atoms with van der Waals surface area (Å²) in [5, 5.41) is 7.50. The lowest BCUT2D eigenvalue weighted by atomic mass is 10.1. The highest BCUT2D eigenvalue weighted by molar-refractivity contribution is 7.99. The highest BCUT2D eigenvalue weighted by atomic mass is 32.2. The Morgan fingerprint density at radius 1 is 1.29 bits per heavy atom. The maximum absolute atomic E-state index is 13.7. The van der Waals surface area contributed by atoms with Crippen molar-refractivity contribution < 1.29 is 9.18 Å². The summed E-state index contributed by atoms with van der Waals surface area (Å²) in [5.74, 6) is -0.585. The van der Waals surface area contributed by atoms with E-state index in [0.717, 1.165) is 24.4 Å². The molecule has 2 heterocycles. The molecule has 6 heteroatoms. The highest BCUT2D eigenvalue weighted by Gasteiger charge is 2.20. The summed E-state index contributed by atoms with van der Waals surface area (Å²) in [4.78, 5) is 16.6. The number of benzene rings is 1. The van der Waals surface area contributed by atoms with Crippen molar-refractivity contribution in [1.29, 1.82) is 0 Å². The molecule has 2 N–H and O–H groups in total. The van der Waals surface area contributed by atoms with Crippen molar-refractivity contribution in [3.05, 3.63) is 53.8 Å². The van der Waals surface area contributed by atoms with Crippen molar-refractivity contribution >= 4 is 23.5 Å². The number of pyridine rings is 1. The van der Waals surface area contributed by atoms with E-state index in [1.807, 2.05) is 12.1 Å². The number of nitrogens with zero attached hydrogens (tertiary/aromatic N) is 1. The van der Waals surface area contributed by atoms with Gasteiger partial charge in [-0.3, -0.25) is 4.79 Å². The summed E-state index contributed by atoms with van der Waals surface area (Å²) in [6, 6.07) is 11.9. The van der Waals surface area contributed by atoms with Crippen molar-refractivity contribution in [2.45, 2.75) is 36.1 Å². The van der Waals surface area contributed by atoms with E-state index in [4.69, 9.17) is 0 Å². The van der Waals surface area contributed by atoms with Crippen LogP contribution in [0.5, 0.6) is 0 Å². The van der Waals surface area contributed by atoms with Crippen molar-refractivity contribution in [2.24, 2.45) is 0 Å². The summed E-state index contributed by atoms with van der Waals surface area (Å²) < 4.78 is 13.7. The highest BCUT2D eigenvalue weighted by Crippen LogP contribution is 2.29. The molecule has 0 saturated carbocycles. The molecule has 24 heavy (non-hydrogen) atoms. The molecular formula is C18H20FN3OS. The first kappa shape index (κ1) is 16.9. The number of anilines is 1. The molecule has 1 aliphatic heterocycles. The topological polar surface area (TPSA) is 54.0 Å². The molecule has 0 aliphatic carbocycles. The van der Waals surface area contributed by atoms with E-state index in [1.165, 1.54) is 12.1 Å². The fourth-order valence-electron chi connectivity index (χ4n) is 2.74. The molecule has 0 radical (unpaired) electrons. The SMILES string of the molecule is CC1CC(Sc2cccc(NC(=O)c3ccccc3F)n2)CCN1. The predicted molar refractivity (Wildman–Crippen MR) is 94.9 cm³/mol. The monoisotopic (exact) mass is 345 g/mol. The van der Waals surface area contributed by atoms with Gasteiger partial charge in [-0.1, -0.05) is 18.2 Å². The fraction of sp³-hybridized carbons (Fsp3) is 0.333. The van der Waals surface area contributed by atoms with Gasteiger partial charge in [0, 0.05) is 11.3 Å². The van der Waals surface area contributed by atoms with Crippen molar-refractivity contribution in [3.63, 3.8) is 0 Å². The zero-order valence-electron chi connectivity index (χ0n) is 13.5. The second-order valence-corrected chi connectivity index (χ2v) is 7.24. The van der Waals surface area contributed by atoms with Gasteiger partial charge in [0.25, 0.3) is 5.91 Å². The Kier molecular flexibility index (Phi) is 5.48. The van der Waals surface area contributed by atoms with Crippen LogP contribution in [0.4, 0.5) is 10.2 Å². The second-order valence-electron chi connectivity index (χ2n) is 5.91. The molecule has 0 spiro atoms. The lowest BCUT2D eigenvalue weighted by Crippen LogP contribution is -2.36. The second kappa shape index (κ2) is 7.77. The van der Waals surface area contributed by atoms with Crippen LogP contribution in [0.15, 0.2) is 47.5 Å². The van der Waals surface area contributed by atoms with Crippen LogP contribution >= 0.6 is 11.8 Å². The van der Waals surface area contributed by atoms with E-state index >= 15 is 0 Å². The molecule has 4 nitrogen and oxygen atoms in total.